The van der Waals surface area contributed by atoms with Crippen molar-refractivity contribution < 1.29 is 13.2 Å². The summed E-state index contributed by atoms with van der Waals surface area (Å²) in [6.07, 6.45) is 1.59. The number of pyridine rings is 1. The highest BCUT2D eigenvalue weighted by Gasteiger charge is 2.30. The second-order valence-corrected chi connectivity index (χ2v) is 8.36. The summed E-state index contributed by atoms with van der Waals surface area (Å²) in [5.74, 6) is 0. The number of halogens is 3. The van der Waals surface area contributed by atoms with E-state index < -0.39 is 11.7 Å². The number of hydrogen-bond donors (Lipinski definition) is 0. The molecule has 0 aliphatic carbocycles. The van der Waals surface area contributed by atoms with Crippen molar-refractivity contribution in [3.63, 3.8) is 0 Å². The fourth-order valence-electron chi connectivity index (χ4n) is 4.37. The lowest BCUT2D eigenvalue weighted by Gasteiger charge is -2.14. The summed E-state index contributed by atoms with van der Waals surface area (Å²) in [5.41, 5.74) is 1.89. The molecule has 0 unspecified atom stereocenters. The fraction of sp³-hybridized carbons (Fsp3) is 0.308. The molecule has 2 aromatic heterocycles. The molecule has 0 saturated carbocycles. The van der Waals surface area contributed by atoms with Gasteiger partial charge in [0, 0.05) is 29.9 Å². The van der Waals surface area contributed by atoms with Crippen molar-refractivity contribution in [2.45, 2.75) is 33.0 Å². The molecule has 34 heavy (non-hydrogen) atoms. The van der Waals surface area contributed by atoms with E-state index in [1.807, 2.05) is 29.1 Å². The molecule has 3 heterocycles. The van der Waals surface area contributed by atoms with E-state index >= 15 is 0 Å². The van der Waals surface area contributed by atoms with Gasteiger partial charge in [-0.1, -0.05) is 19.6 Å². The number of likely N-dealkylation sites (tertiary alicyclic amines) is 1. The second kappa shape index (κ2) is 9.46. The van der Waals surface area contributed by atoms with Crippen molar-refractivity contribution in [2.24, 2.45) is 0 Å². The maximum Gasteiger partial charge on any atom is 0.416 e. The number of aromatic nitrogens is 3. The maximum absolute atomic E-state index is 12.8. The minimum absolute atomic E-state index is 0. The highest BCUT2D eigenvalue weighted by atomic mass is 19.4. The van der Waals surface area contributed by atoms with E-state index in [0.29, 0.717) is 16.8 Å². The Labute approximate surface area is 196 Å². The summed E-state index contributed by atoms with van der Waals surface area (Å²) < 4.78 is 41.9. The van der Waals surface area contributed by atoms with Gasteiger partial charge in [0.2, 0.25) is 0 Å². The smallest absolute Gasteiger partial charge is 0.301 e. The molecule has 0 N–H and O–H groups in total. The first kappa shape index (κ1) is 23.8. The standard InChI is InChI=1S/C25H23F3N4O.CH4/c26-25(27,28)21-5-3-18(4-6-21)19-9-12-31(24(33)16-19)22-7-8-23-20(15-22)17-29-32(23)14-13-30-10-1-2-11-30;/h3-9,12,15-17H,1-2,10-11,13-14H2;1H4. The van der Waals surface area contributed by atoms with Crippen molar-refractivity contribution in [1.82, 2.24) is 19.2 Å². The van der Waals surface area contributed by atoms with Gasteiger partial charge in [-0.2, -0.15) is 18.3 Å². The molecule has 5 rings (SSSR count). The molecule has 2 aromatic carbocycles. The van der Waals surface area contributed by atoms with Crippen LogP contribution in [-0.2, 0) is 12.7 Å². The number of nitrogens with zero attached hydrogens (tertiary/aromatic N) is 4. The zero-order chi connectivity index (χ0) is 23.0. The molecule has 178 valence electrons. The molecular weight excluding hydrogens is 441 g/mol. The highest BCUT2D eigenvalue weighted by Crippen LogP contribution is 2.30. The van der Waals surface area contributed by atoms with Crippen LogP contribution in [0.25, 0.3) is 27.7 Å². The number of hydrogen-bond acceptors (Lipinski definition) is 3. The normalized spacial score (nSPS) is 14.4. The number of rotatable bonds is 5. The van der Waals surface area contributed by atoms with E-state index in [4.69, 9.17) is 0 Å². The van der Waals surface area contributed by atoms with Crippen LogP contribution in [0, 0.1) is 0 Å². The molecule has 0 atom stereocenters. The third kappa shape index (κ3) is 4.77. The zero-order valence-corrected chi connectivity index (χ0v) is 17.9. The Morgan fingerprint density at radius 2 is 1.62 bits per heavy atom. The van der Waals surface area contributed by atoms with Crippen molar-refractivity contribution in [3.05, 3.63) is 82.9 Å². The summed E-state index contributed by atoms with van der Waals surface area (Å²) >= 11 is 0. The van der Waals surface area contributed by atoms with Crippen LogP contribution in [0.1, 0.15) is 25.8 Å². The van der Waals surface area contributed by atoms with E-state index in [9.17, 15) is 18.0 Å². The van der Waals surface area contributed by atoms with Gasteiger partial charge in [-0.3, -0.25) is 14.0 Å². The molecule has 0 amide bonds. The monoisotopic (exact) mass is 468 g/mol. The van der Waals surface area contributed by atoms with E-state index in [1.54, 1.807) is 12.3 Å². The van der Waals surface area contributed by atoms with Gasteiger partial charge in [-0.25, -0.2) is 0 Å². The zero-order valence-electron chi connectivity index (χ0n) is 17.9. The fourth-order valence-corrected chi connectivity index (χ4v) is 4.37. The van der Waals surface area contributed by atoms with Crippen LogP contribution in [0.4, 0.5) is 13.2 Å². The number of benzene rings is 2. The Morgan fingerprint density at radius 3 is 2.29 bits per heavy atom. The van der Waals surface area contributed by atoms with Gasteiger partial charge in [-0.15, -0.1) is 0 Å². The Morgan fingerprint density at radius 1 is 0.882 bits per heavy atom. The first-order valence-corrected chi connectivity index (χ1v) is 11.0. The average molecular weight is 469 g/mol. The third-order valence-corrected chi connectivity index (χ3v) is 6.20. The predicted molar refractivity (Wildman–Crippen MR) is 128 cm³/mol. The SMILES string of the molecule is C.O=c1cc(-c2ccc(C(F)(F)F)cc2)ccn1-c1ccc2c(cnn2CCN2CCCC2)c1. The molecule has 0 bridgehead atoms. The number of fused-ring (bicyclic) bond motifs is 1. The Kier molecular flexibility index (Phi) is 6.61. The minimum Gasteiger partial charge on any atom is -0.301 e. The van der Waals surface area contributed by atoms with Gasteiger partial charge in [0.15, 0.2) is 0 Å². The van der Waals surface area contributed by atoms with Crippen molar-refractivity contribution >= 4 is 10.9 Å². The predicted octanol–water partition coefficient (Wildman–Crippen LogP) is 5.60. The van der Waals surface area contributed by atoms with E-state index in [2.05, 4.69) is 10.00 Å². The van der Waals surface area contributed by atoms with Crippen LogP contribution in [0.15, 0.2) is 71.8 Å². The van der Waals surface area contributed by atoms with Gasteiger partial charge < -0.3 is 4.90 Å². The molecule has 1 aliphatic rings. The van der Waals surface area contributed by atoms with Crippen LogP contribution >= 0.6 is 0 Å². The molecule has 1 aliphatic heterocycles. The van der Waals surface area contributed by atoms with Crippen molar-refractivity contribution in [3.8, 4) is 16.8 Å². The van der Waals surface area contributed by atoms with Crippen LogP contribution < -0.4 is 5.56 Å². The molecule has 5 nitrogen and oxygen atoms in total. The maximum atomic E-state index is 12.8. The molecule has 8 heteroatoms. The van der Waals surface area contributed by atoms with Crippen LogP contribution in [-0.4, -0.2) is 38.9 Å². The van der Waals surface area contributed by atoms with Gasteiger partial charge in [0.1, 0.15) is 0 Å². The Hall–Kier alpha value is -3.39. The molecule has 1 saturated heterocycles. The summed E-state index contributed by atoms with van der Waals surface area (Å²) in [5, 5.41) is 5.47. The minimum atomic E-state index is -4.39. The summed E-state index contributed by atoms with van der Waals surface area (Å²) in [4.78, 5) is 15.2. The number of alkyl halides is 3. The summed E-state index contributed by atoms with van der Waals surface area (Å²) in [6.45, 7) is 4.09. The van der Waals surface area contributed by atoms with E-state index in [1.165, 1.54) is 35.6 Å². The van der Waals surface area contributed by atoms with Crippen LogP contribution in [0.2, 0.25) is 0 Å². The second-order valence-electron chi connectivity index (χ2n) is 8.36. The topological polar surface area (TPSA) is 43.1 Å². The van der Waals surface area contributed by atoms with Gasteiger partial charge >= 0.3 is 6.18 Å². The van der Waals surface area contributed by atoms with E-state index in [0.717, 1.165) is 49.2 Å². The van der Waals surface area contributed by atoms with Crippen molar-refractivity contribution in [1.29, 1.82) is 0 Å². The highest BCUT2D eigenvalue weighted by molar-refractivity contribution is 5.81. The first-order chi connectivity index (χ1) is 15.9. The molecular formula is C26H27F3N4O. The van der Waals surface area contributed by atoms with Gasteiger partial charge in [-0.05, 0) is 73.5 Å². The average Bonchev–Trinajstić information content (AvgIpc) is 3.46. The largest absolute Gasteiger partial charge is 0.416 e. The molecule has 0 radical (unpaired) electrons. The molecule has 0 spiro atoms. The molecule has 1 fully saturated rings. The summed E-state index contributed by atoms with van der Waals surface area (Å²) in [7, 11) is 0. The van der Waals surface area contributed by atoms with Crippen LogP contribution in [0.5, 0.6) is 0 Å². The lowest BCUT2D eigenvalue weighted by molar-refractivity contribution is -0.137. The quantitative estimate of drug-likeness (QED) is 0.383. The lowest BCUT2D eigenvalue weighted by atomic mass is 10.0. The van der Waals surface area contributed by atoms with Gasteiger partial charge in [0.25, 0.3) is 5.56 Å². The van der Waals surface area contributed by atoms with Crippen LogP contribution in [0.3, 0.4) is 0 Å². The van der Waals surface area contributed by atoms with E-state index in [-0.39, 0.29) is 13.0 Å². The van der Waals surface area contributed by atoms with Gasteiger partial charge in [0.05, 0.1) is 23.8 Å². The first-order valence-electron chi connectivity index (χ1n) is 11.0. The van der Waals surface area contributed by atoms with Crippen molar-refractivity contribution in [2.75, 3.05) is 19.6 Å². The molecule has 4 aromatic rings. The third-order valence-electron chi connectivity index (χ3n) is 6.20. The summed E-state index contributed by atoms with van der Waals surface area (Å²) in [6, 6.07) is 13.8. The lowest BCUT2D eigenvalue weighted by Crippen LogP contribution is -2.24. The Balaban J connectivity index is 0.00000274. The Bertz CT molecular complexity index is 1330.